The molecule has 2 saturated carbocycles. The lowest BCUT2D eigenvalue weighted by atomic mass is 9.81. The molecule has 4 amide bonds. The molecule has 1 heterocycles. The van der Waals surface area contributed by atoms with E-state index in [0.29, 0.717) is 0 Å². The van der Waals surface area contributed by atoms with Gasteiger partial charge in [-0.15, -0.1) is 0 Å². The molecule has 1 aliphatic heterocycles. The predicted octanol–water partition coefficient (Wildman–Crippen LogP) is 0.109. The number of hydrogen-bond donors (Lipinski definition) is 2. The number of fused-ring (bicyclic) bond motifs is 1. The summed E-state index contributed by atoms with van der Waals surface area (Å²) in [4.78, 5) is 48.8. The summed E-state index contributed by atoms with van der Waals surface area (Å²) in [7, 11) is 0. The van der Waals surface area contributed by atoms with Crippen LogP contribution in [0.15, 0.2) is 0 Å². The molecule has 7 nitrogen and oxygen atoms in total. The number of hydrazine groups is 1. The first-order valence-corrected chi connectivity index (χ1v) is 8.02. The minimum atomic E-state index is -0.385. The number of hydrogen-bond acceptors (Lipinski definition) is 4. The molecule has 2 aliphatic carbocycles. The fourth-order valence-electron chi connectivity index (χ4n) is 3.31. The van der Waals surface area contributed by atoms with Gasteiger partial charge in [-0.2, -0.15) is 0 Å². The van der Waals surface area contributed by atoms with Crippen LogP contribution in [0.3, 0.4) is 0 Å². The van der Waals surface area contributed by atoms with Crippen LogP contribution in [0.4, 0.5) is 0 Å². The Bertz CT molecular complexity index is 491. The number of carbonyl (C=O) groups excluding carboxylic acids is 4. The van der Waals surface area contributed by atoms with Crippen LogP contribution in [0.25, 0.3) is 0 Å². The molecule has 7 heteroatoms. The van der Waals surface area contributed by atoms with Crippen molar-refractivity contribution in [1.82, 2.24) is 15.8 Å². The van der Waals surface area contributed by atoms with E-state index in [2.05, 4.69) is 10.9 Å². The molecule has 0 aromatic carbocycles. The maximum atomic E-state index is 12.2. The van der Waals surface area contributed by atoms with Gasteiger partial charge in [-0.3, -0.25) is 34.9 Å². The van der Waals surface area contributed by atoms with Gasteiger partial charge in [0.2, 0.25) is 23.6 Å². The molecule has 0 aromatic heterocycles. The largest absolute Gasteiger partial charge is 0.282 e. The van der Waals surface area contributed by atoms with Crippen LogP contribution in [0.2, 0.25) is 0 Å². The summed E-state index contributed by atoms with van der Waals surface area (Å²) in [5, 5.41) is 0. The van der Waals surface area contributed by atoms with Crippen LogP contribution in [0, 0.1) is 17.8 Å². The second kappa shape index (κ2) is 6.06. The highest BCUT2D eigenvalue weighted by Gasteiger charge is 2.47. The van der Waals surface area contributed by atoms with Crippen molar-refractivity contribution in [2.24, 2.45) is 17.8 Å². The van der Waals surface area contributed by atoms with Crippen molar-refractivity contribution in [3.8, 4) is 0 Å². The summed E-state index contributed by atoms with van der Waals surface area (Å²) in [6.07, 6.45) is 5.26. The fourth-order valence-corrected chi connectivity index (χ4v) is 3.31. The van der Waals surface area contributed by atoms with Crippen LogP contribution < -0.4 is 10.9 Å². The minimum absolute atomic E-state index is 0.0157. The quantitative estimate of drug-likeness (QED) is 0.569. The Hall–Kier alpha value is -1.92. The molecular weight excluding hydrogens is 286 g/mol. The van der Waals surface area contributed by atoms with E-state index in [-0.39, 0.29) is 54.3 Å². The molecular formula is C15H21N3O4. The van der Waals surface area contributed by atoms with Gasteiger partial charge in [0.25, 0.3) is 0 Å². The molecule has 2 unspecified atom stereocenters. The zero-order valence-corrected chi connectivity index (χ0v) is 12.5. The third-order valence-corrected chi connectivity index (χ3v) is 4.77. The van der Waals surface area contributed by atoms with Gasteiger partial charge in [0, 0.05) is 18.9 Å². The molecule has 22 heavy (non-hydrogen) atoms. The number of likely N-dealkylation sites (tertiary alicyclic amines) is 1. The van der Waals surface area contributed by atoms with E-state index in [1.165, 1.54) is 4.90 Å². The highest BCUT2D eigenvalue weighted by atomic mass is 16.2. The van der Waals surface area contributed by atoms with Crippen molar-refractivity contribution in [2.45, 2.75) is 44.9 Å². The first-order chi connectivity index (χ1) is 10.6. The lowest BCUT2D eigenvalue weighted by molar-refractivity contribution is -0.140. The zero-order valence-electron chi connectivity index (χ0n) is 12.5. The van der Waals surface area contributed by atoms with Crippen LogP contribution >= 0.6 is 0 Å². The van der Waals surface area contributed by atoms with Crippen LogP contribution in [0.5, 0.6) is 0 Å². The van der Waals surface area contributed by atoms with Crippen molar-refractivity contribution >= 4 is 23.6 Å². The number of amides is 4. The predicted molar refractivity (Wildman–Crippen MR) is 75.8 cm³/mol. The number of nitrogens with zero attached hydrogens (tertiary/aromatic N) is 1. The van der Waals surface area contributed by atoms with E-state index in [1.807, 2.05) is 0 Å². The SMILES string of the molecule is O=C(CCN1C(=O)C2CCCCC2C1=O)NNC(=O)C1CC1. The molecule has 2 atom stereocenters. The Morgan fingerprint density at radius 2 is 1.55 bits per heavy atom. The van der Waals surface area contributed by atoms with Crippen molar-refractivity contribution in [1.29, 1.82) is 0 Å². The standard InChI is InChI=1S/C15H21N3O4/c19-12(16-17-13(20)9-5-6-9)7-8-18-14(21)10-3-1-2-4-11(10)15(18)22/h9-11H,1-8H2,(H,16,19)(H,17,20). The molecule has 1 saturated heterocycles. The Kier molecular flexibility index (Phi) is 4.13. The van der Waals surface area contributed by atoms with Crippen LogP contribution in [-0.4, -0.2) is 35.1 Å². The second-order valence-electron chi connectivity index (χ2n) is 6.39. The third kappa shape index (κ3) is 2.98. The van der Waals surface area contributed by atoms with Crippen molar-refractivity contribution in [2.75, 3.05) is 6.54 Å². The maximum absolute atomic E-state index is 12.2. The van der Waals surface area contributed by atoms with Gasteiger partial charge in [-0.1, -0.05) is 12.8 Å². The third-order valence-electron chi connectivity index (χ3n) is 4.77. The lowest BCUT2D eigenvalue weighted by Crippen LogP contribution is -2.44. The number of rotatable bonds is 4. The highest BCUT2D eigenvalue weighted by molar-refractivity contribution is 6.05. The number of imide groups is 1. The first kappa shape index (κ1) is 15.0. The molecule has 0 radical (unpaired) electrons. The molecule has 0 aromatic rings. The average molecular weight is 307 g/mol. The van der Waals surface area contributed by atoms with Gasteiger partial charge in [0.1, 0.15) is 0 Å². The zero-order chi connectivity index (χ0) is 15.7. The van der Waals surface area contributed by atoms with Gasteiger partial charge < -0.3 is 0 Å². The Morgan fingerprint density at radius 3 is 2.09 bits per heavy atom. The Balaban J connectivity index is 1.46. The molecule has 3 rings (SSSR count). The first-order valence-electron chi connectivity index (χ1n) is 8.02. The Morgan fingerprint density at radius 1 is 0.955 bits per heavy atom. The second-order valence-corrected chi connectivity index (χ2v) is 6.39. The van der Waals surface area contributed by atoms with E-state index >= 15 is 0 Å². The number of carbonyl (C=O) groups is 4. The molecule has 0 bridgehead atoms. The van der Waals surface area contributed by atoms with Gasteiger partial charge in [0.15, 0.2) is 0 Å². The van der Waals surface area contributed by atoms with Crippen LogP contribution in [0.1, 0.15) is 44.9 Å². The van der Waals surface area contributed by atoms with Gasteiger partial charge in [-0.05, 0) is 25.7 Å². The van der Waals surface area contributed by atoms with E-state index < -0.39 is 0 Å². The molecule has 2 N–H and O–H groups in total. The number of nitrogens with one attached hydrogen (secondary N) is 2. The Labute approximate surface area is 128 Å². The summed E-state index contributed by atoms with van der Waals surface area (Å²) in [6, 6.07) is 0. The topological polar surface area (TPSA) is 95.6 Å². The van der Waals surface area contributed by atoms with Crippen LogP contribution in [-0.2, 0) is 19.2 Å². The molecule has 3 aliphatic rings. The summed E-state index contributed by atoms with van der Waals surface area (Å²) in [5.74, 6) is -1.17. The van der Waals surface area contributed by atoms with E-state index in [1.54, 1.807) is 0 Å². The van der Waals surface area contributed by atoms with E-state index in [9.17, 15) is 19.2 Å². The molecule has 3 fully saturated rings. The summed E-state index contributed by atoms with van der Waals surface area (Å²) < 4.78 is 0. The molecule has 0 spiro atoms. The van der Waals surface area contributed by atoms with Crippen molar-refractivity contribution in [3.05, 3.63) is 0 Å². The van der Waals surface area contributed by atoms with Gasteiger partial charge in [0.05, 0.1) is 11.8 Å². The van der Waals surface area contributed by atoms with Crippen molar-refractivity contribution < 1.29 is 19.2 Å². The highest BCUT2D eigenvalue weighted by Crippen LogP contribution is 2.37. The summed E-state index contributed by atoms with van der Waals surface area (Å²) in [6.45, 7) is 0.0931. The van der Waals surface area contributed by atoms with Gasteiger partial charge in [-0.25, -0.2) is 0 Å². The normalized spacial score (nSPS) is 27.5. The fraction of sp³-hybridized carbons (Fsp3) is 0.733. The van der Waals surface area contributed by atoms with E-state index in [0.717, 1.165) is 38.5 Å². The average Bonchev–Trinajstić information content (AvgIpc) is 3.34. The molecule has 120 valence electrons. The lowest BCUT2D eigenvalue weighted by Gasteiger charge is -2.19. The van der Waals surface area contributed by atoms with Gasteiger partial charge >= 0.3 is 0 Å². The summed E-state index contributed by atoms with van der Waals surface area (Å²) in [5.41, 5.74) is 4.70. The maximum Gasteiger partial charge on any atom is 0.241 e. The monoisotopic (exact) mass is 307 g/mol. The van der Waals surface area contributed by atoms with E-state index in [4.69, 9.17) is 0 Å². The summed E-state index contributed by atoms with van der Waals surface area (Å²) >= 11 is 0. The minimum Gasteiger partial charge on any atom is -0.282 e. The van der Waals surface area contributed by atoms with Crippen molar-refractivity contribution in [3.63, 3.8) is 0 Å². The smallest absolute Gasteiger partial charge is 0.241 e.